The Bertz CT molecular complexity index is 482. The lowest BCUT2D eigenvalue weighted by Gasteiger charge is -2.16. The van der Waals surface area contributed by atoms with E-state index in [2.05, 4.69) is 0 Å². The number of hydrogen-bond donors (Lipinski definition) is 0. The first-order valence-electron chi connectivity index (χ1n) is 8.84. The zero-order chi connectivity index (χ0) is 17.1. The van der Waals surface area contributed by atoms with Gasteiger partial charge in [0.25, 0.3) is 0 Å². The lowest BCUT2D eigenvalue weighted by molar-refractivity contribution is -0.126. The van der Waals surface area contributed by atoms with Gasteiger partial charge < -0.3 is 0 Å². The van der Waals surface area contributed by atoms with Crippen LogP contribution in [0.3, 0.4) is 0 Å². The van der Waals surface area contributed by atoms with E-state index in [4.69, 9.17) is 0 Å². The van der Waals surface area contributed by atoms with E-state index < -0.39 is 0 Å². The fourth-order valence-electron chi connectivity index (χ4n) is 2.46. The first-order chi connectivity index (χ1) is 10.9. The first kappa shape index (κ1) is 19.6. The largest absolute Gasteiger partial charge is 0.299 e. The van der Waals surface area contributed by atoms with E-state index in [1.807, 2.05) is 51.1 Å². The Balaban J connectivity index is 2.03. The number of benzene rings is 1. The number of Topliss-reactive ketones (excluding diaryl/α,β-unsaturated/α-hetero) is 1. The van der Waals surface area contributed by atoms with Crippen molar-refractivity contribution in [1.29, 1.82) is 0 Å². The lowest BCUT2D eigenvalue weighted by Crippen LogP contribution is -2.19. The first-order valence-corrected chi connectivity index (χ1v) is 8.84. The van der Waals surface area contributed by atoms with Gasteiger partial charge in [-0.15, -0.1) is 0 Å². The highest BCUT2D eigenvalue weighted by Gasteiger charge is 2.19. The molecule has 0 bridgehead atoms. The van der Waals surface area contributed by atoms with Crippen LogP contribution in [0.5, 0.6) is 0 Å². The highest BCUT2D eigenvalue weighted by atomic mass is 19.1. The zero-order valence-electron chi connectivity index (χ0n) is 14.9. The molecule has 1 rings (SSSR count). The summed E-state index contributed by atoms with van der Waals surface area (Å²) in [7, 11) is 0. The Morgan fingerprint density at radius 2 is 1.43 bits per heavy atom. The van der Waals surface area contributed by atoms with Gasteiger partial charge in [-0.3, -0.25) is 4.79 Å². The third-order valence-corrected chi connectivity index (χ3v) is 4.03. The van der Waals surface area contributed by atoms with Gasteiger partial charge >= 0.3 is 0 Å². The fourth-order valence-corrected chi connectivity index (χ4v) is 2.46. The number of allylic oxidation sites excluding steroid dienone is 1. The third-order valence-electron chi connectivity index (χ3n) is 4.03. The summed E-state index contributed by atoms with van der Waals surface area (Å²) in [4.78, 5) is 11.8. The predicted octanol–water partition coefficient (Wildman–Crippen LogP) is 6.73. The maximum absolute atomic E-state index is 13.7. The Morgan fingerprint density at radius 3 is 2.00 bits per heavy atom. The van der Waals surface area contributed by atoms with Crippen molar-refractivity contribution >= 4 is 11.9 Å². The van der Waals surface area contributed by atoms with E-state index in [1.54, 1.807) is 6.08 Å². The molecule has 0 heterocycles. The number of rotatable bonds is 10. The molecule has 128 valence electrons. The number of carbonyl (C=O) groups is 1. The summed E-state index contributed by atoms with van der Waals surface area (Å²) in [5, 5.41) is 0. The number of ketones is 1. The maximum atomic E-state index is 13.7. The van der Waals surface area contributed by atoms with Crippen molar-refractivity contribution in [2.75, 3.05) is 0 Å². The number of unbranched alkanes of at least 4 members (excludes halogenated alkanes) is 5. The average molecular weight is 318 g/mol. The molecule has 1 nitrogen and oxygen atoms in total. The van der Waals surface area contributed by atoms with Crippen LogP contribution in [-0.2, 0) is 4.79 Å². The lowest BCUT2D eigenvalue weighted by atomic mass is 9.88. The van der Waals surface area contributed by atoms with E-state index in [1.165, 1.54) is 0 Å². The van der Waals surface area contributed by atoms with Crippen LogP contribution in [0.4, 0.5) is 4.39 Å². The smallest absolute Gasteiger partial charge is 0.138 e. The summed E-state index contributed by atoms with van der Waals surface area (Å²) in [6, 6.07) is 9.61. The highest BCUT2D eigenvalue weighted by molar-refractivity contribution is 5.83. The molecular weight excluding hydrogens is 287 g/mol. The summed E-state index contributed by atoms with van der Waals surface area (Å²) in [5.74, 6) is 0.317. The minimum absolute atomic E-state index is 0.0352. The molecule has 0 aromatic heterocycles. The van der Waals surface area contributed by atoms with Gasteiger partial charge in [-0.25, -0.2) is 4.39 Å². The maximum Gasteiger partial charge on any atom is 0.138 e. The van der Waals surface area contributed by atoms with E-state index >= 15 is 0 Å². The minimum atomic E-state index is -0.206. The van der Waals surface area contributed by atoms with E-state index in [-0.39, 0.29) is 11.2 Å². The van der Waals surface area contributed by atoms with Crippen LogP contribution in [0.15, 0.2) is 36.2 Å². The molecule has 0 aliphatic rings. The van der Waals surface area contributed by atoms with Crippen LogP contribution in [0.25, 0.3) is 6.08 Å². The van der Waals surface area contributed by atoms with Gasteiger partial charge in [0.15, 0.2) is 0 Å². The van der Waals surface area contributed by atoms with Gasteiger partial charge in [-0.1, -0.05) is 76.8 Å². The third kappa shape index (κ3) is 9.32. The van der Waals surface area contributed by atoms with Gasteiger partial charge in [0.05, 0.1) is 0 Å². The summed E-state index contributed by atoms with van der Waals surface area (Å²) in [6.07, 6.45) is 9.15. The predicted molar refractivity (Wildman–Crippen MR) is 96.9 cm³/mol. The summed E-state index contributed by atoms with van der Waals surface area (Å²) in [6.45, 7) is 5.94. The molecule has 0 radical (unpaired) electrons. The summed E-state index contributed by atoms with van der Waals surface area (Å²) < 4.78 is 13.7. The number of hydrogen-bond acceptors (Lipinski definition) is 1. The van der Waals surface area contributed by atoms with Gasteiger partial charge in [0, 0.05) is 11.8 Å². The summed E-state index contributed by atoms with van der Waals surface area (Å²) >= 11 is 0. The van der Waals surface area contributed by atoms with Crippen molar-refractivity contribution in [3.8, 4) is 0 Å². The van der Waals surface area contributed by atoms with Crippen LogP contribution < -0.4 is 0 Å². The van der Waals surface area contributed by atoms with Crippen molar-refractivity contribution in [2.45, 2.75) is 72.1 Å². The van der Waals surface area contributed by atoms with Crippen LogP contribution in [0.1, 0.15) is 77.7 Å². The van der Waals surface area contributed by atoms with Crippen molar-refractivity contribution in [2.24, 2.45) is 5.41 Å². The molecule has 0 fully saturated rings. The SMILES string of the molecule is CC(C)(C)C(=O)CCCCCCCC/C(F)=C\c1ccccc1. The zero-order valence-corrected chi connectivity index (χ0v) is 14.9. The Kier molecular flexibility index (Phi) is 8.83. The highest BCUT2D eigenvalue weighted by Crippen LogP contribution is 2.20. The number of halogens is 1. The molecule has 1 aromatic carbocycles. The quantitative estimate of drug-likeness (QED) is 0.437. The molecule has 0 aliphatic heterocycles. The van der Waals surface area contributed by atoms with E-state index in [0.29, 0.717) is 18.6 Å². The standard InChI is InChI=1S/C21H31FO/c1-21(2,3)20(23)16-12-7-5-4-6-11-15-19(22)17-18-13-9-8-10-14-18/h8-10,13-14,17H,4-7,11-12,15-16H2,1-3H3/b19-17+. The van der Waals surface area contributed by atoms with Crippen LogP contribution in [-0.4, -0.2) is 5.78 Å². The van der Waals surface area contributed by atoms with Crippen LogP contribution in [0.2, 0.25) is 0 Å². The van der Waals surface area contributed by atoms with Crippen LogP contribution in [0, 0.1) is 5.41 Å². The summed E-state index contributed by atoms with van der Waals surface area (Å²) in [5.41, 5.74) is 0.719. The molecule has 2 heteroatoms. The second-order valence-corrected chi connectivity index (χ2v) is 7.30. The second-order valence-electron chi connectivity index (χ2n) is 7.30. The average Bonchev–Trinajstić information content (AvgIpc) is 2.49. The van der Waals surface area contributed by atoms with Crippen molar-refractivity contribution in [1.82, 2.24) is 0 Å². The Hall–Kier alpha value is -1.44. The van der Waals surface area contributed by atoms with Crippen molar-refractivity contribution < 1.29 is 9.18 Å². The molecule has 0 atom stereocenters. The Labute approximate surface area is 141 Å². The van der Waals surface area contributed by atoms with Gasteiger partial charge in [-0.05, 0) is 30.9 Å². The van der Waals surface area contributed by atoms with E-state index in [9.17, 15) is 9.18 Å². The van der Waals surface area contributed by atoms with Crippen molar-refractivity contribution in [3.63, 3.8) is 0 Å². The van der Waals surface area contributed by atoms with Gasteiger partial charge in [0.2, 0.25) is 0 Å². The molecule has 0 aliphatic carbocycles. The normalized spacial score (nSPS) is 12.4. The number of carbonyl (C=O) groups excluding carboxylic acids is 1. The molecule has 0 spiro atoms. The molecule has 0 amide bonds. The molecule has 23 heavy (non-hydrogen) atoms. The minimum Gasteiger partial charge on any atom is -0.299 e. The van der Waals surface area contributed by atoms with Gasteiger partial charge in [0.1, 0.15) is 11.6 Å². The van der Waals surface area contributed by atoms with Gasteiger partial charge in [-0.2, -0.15) is 0 Å². The van der Waals surface area contributed by atoms with Crippen LogP contribution >= 0.6 is 0 Å². The monoisotopic (exact) mass is 318 g/mol. The molecule has 0 saturated carbocycles. The molecule has 0 saturated heterocycles. The fraction of sp³-hybridized carbons (Fsp3) is 0.571. The van der Waals surface area contributed by atoms with Crippen molar-refractivity contribution in [3.05, 3.63) is 41.7 Å². The second kappa shape index (κ2) is 10.4. The molecule has 1 aromatic rings. The molecular formula is C21H31FO. The Morgan fingerprint density at radius 1 is 0.913 bits per heavy atom. The molecule has 0 unspecified atom stereocenters. The topological polar surface area (TPSA) is 17.1 Å². The van der Waals surface area contributed by atoms with E-state index in [0.717, 1.165) is 44.1 Å². The molecule has 0 N–H and O–H groups in total.